The van der Waals surface area contributed by atoms with Crippen molar-refractivity contribution in [2.24, 2.45) is 0 Å². The van der Waals surface area contributed by atoms with Crippen molar-refractivity contribution in [2.45, 2.75) is 26.2 Å². The summed E-state index contributed by atoms with van der Waals surface area (Å²) in [5.74, 6) is -0.0518. The van der Waals surface area contributed by atoms with Crippen LogP contribution >= 0.6 is 23.2 Å². The van der Waals surface area contributed by atoms with Gasteiger partial charge in [0.05, 0.1) is 5.69 Å². The first kappa shape index (κ1) is 11.4. The summed E-state index contributed by atoms with van der Waals surface area (Å²) in [6.45, 7) is 5.90. The molecule has 3 nitrogen and oxygen atoms in total. The Bertz CT molecular complexity index is 372. The van der Waals surface area contributed by atoms with Gasteiger partial charge in [0.15, 0.2) is 0 Å². The molecule has 14 heavy (non-hydrogen) atoms. The van der Waals surface area contributed by atoms with E-state index < -0.39 is 5.24 Å². The Labute approximate surface area is 92.5 Å². The fourth-order valence-electron chi connectivity index (χ4n) is 0.890. The number of hydrogen-bond acceptors (Lipinski definition) is 3. The Balaban J connectivity index is 3.28. The fraction of sp³-hybridized carbons (Fsp3) is 0.444. The highest BCUT2D eigenvalue weighted by molar-refractivity contribution is 6.67. The summed E-state index contributed by atoms with van der Waals surface area (Å²) in [5.41, 5.74) is 0.509. The Morgan fingerprint density at radius 2 is 1.93 bits per heavy atom. The van der Waals surface area contributed by atoms with E-state index in [9.17, 15) is 4.79 Å². The summed E-state index contributed by atoms with van der Waals surface area (Å²) in [5, 5.41) is -0.466. The van der Waals surface area contributed by atoms with E-state index in [0.29, 0.717) is 5.69 Å². The summed E-state index contributed by atoms with van der Waals surface area (Å²) in [4.78, 5) is 18.6. The van der Waals surface area contributed by atoms with Crippen LogP contribution in [0.25, 0.3) is 0 Å². The molecule has 0 saturated carbocycles. The first-order valence-corrected chi connectivity index (χ1v) is 4.81. The summed E-state index contributed by atoms with van der Waals surface area (Å²) in [7, 11) is 0. The molecule has 0 aliphatic carbocycles. The normalized spacial score (nSPS) is 11.5. The van der Waals surface area contributed by atoms with Crippen molar-refractivity contribution in [1.29, 1.82) is 0 Å². The predicted octanol–water partition coefficient (Wildman–Crippen LogP) is 2.81. The molecule has 1 aromatic heterocycles. The molecule has 5 heteroatoms. The maximum Gasteiger partial charge on any atom is 0.289 e. The van der Waals surface area contributed by atoms with Gasteiger partial charge in [-0.2, -0.15) is 0 Å². The van der Waals surface area contributed by atoms with Crippen molar-refractivity contribution >= 4 is 28.4 Å². The average Bonchev–Trinajstić information content (AvgIpc) is 2.01. The van der Waals surface area contributed by atoms with Crippen LogP contribution in [-0.4, -0.2) is 15.2 Å². The number of aromatic nitrogens is 2. The maximum atomic E-state index is 10.9. The monoisotopic (exact) mass is 232 g/mol. The first-order valence-electron chi connectivity index (χ1n) is 4.05. The summed E-state index contributed by atoms with van der Waals surface area (Å²) < 4.78 is 0. The largest absolute Gasteiger partial charge is 0.289 e. The van der Waals surface area contributed by atoms with Gasteiger partial charge in [0, 0.05) is 5.41 Å². The smallest absolute Gasteiger partial charge is 0.272 e. The molecule has 0 bridgehead atoms. The molecule has 0 fully saturated rings. The van der Waals surface area contributed by atoms with Gasteiger partial charge in [-0.05, 0) is 17.7 Å². The van der Waals surface area contributed by atoms with E-state index in [1.165, 1.54) is 0 Å². The number of halogens is 2. The second-order valence-electron chi connectivity index (χ2n) is 3.92. The molecule has 1 aromatic rings. The minimum absolute atomic E-state index is 0.0518. The quantitative estimate of drug-likeness (QED) is 0.553. The van der Waals surface area contributed by atoms with Gasteiger partial charge in [-0.1, -0.05) is 32.4 Å². The number of rotatable bonds is 1. The van der Waals surface area contributed by atoms with E-state index in [-0.39, 0.29) is 16.4 Å². The molecule has 0 unspecified atom stereocenters. The van der Waals surface area contributed by atoms with Crippen LogP contribution in [0.15, 0.2) is 6.07 Å². The van der Waals surface area contributed by atoms with E-state index in [1.54, 1.807) is 6.07 Å². The fourth-order valence-corrected chi connectivity index (χ4v) is 1.16. The van der Waals surface area contributed by atoms with Crippen LogP contribution in [0.4, 0.5) is 0 Å². The van der Waals surface area contributed by atoms with Crippen molar-refractivity contribution in [2.75, 3.05) is 0 Å². The Morgan fingerprint density at radius 3 is 2.36 bits per heavy atom. The van der Waals surface area contributed by atoms with Crippen molar-refractivity contribution in [3.8, 4) is 0 Å². The standard InChI is InChI=1S/C9H10Cl2N2O/c1-9(2,3)5-4-6(10)13-8(12-5)7(11)14/h4H,1-3H3. The highest BCUT2D eigenvalue weighted by Gasteiger charge is 2.19. The third kappa shape index (κ3) is 2.66. The van der Waals surface area contributed by atoms with E-state index in [1.807, 2.05) is 20.8 Å². The lowest BCUT2D eigenvalue weighted by atomic mass is 9.92. The Kier molecular flexibility index (Phi) is 3.12. The number of carbonyl (C=O) groups is 1. The van der Waals surface area contributed by atoms with Crippen molar-refractivity contribution in [1.82, 2.24) is 9.97 Å². The van der Waals surface area contributed by atoms with E-state index in [0.717, 1.165) is 0 Å². The molecule has 1 rings (SSSR count). The lowest BCUT2D eigenvalue weighted by molar-refractivity contribution is 0.107. The van der Waals surface area contributed by atoms with Crippen LogP contribution in [0.3, 0.4) is 0 Å². The van der Waals surface area contributed by atoms with Gasteiger partial charge in [0.25, 0.3) is 5.24 Å². The third-order valence-corrected chi connectivity index (χ3v) is 2.00. The number of nitrogens with zero attached hydrogens (tertiary/aromatic N) is 2. The molecular weight excluding hydrogens is 223 g/mol. The lowest BCUT2D eigenvalue weighted by Gasteiger charge is -2.17. The minimum Gasteiger partial charge on any atom is -0.272 e. The van der Waals surface area contributed by atoms with E-state index in [2.05, 4.69) is 9.97 Å². The van der Waals surface area contributed by atoms with Crippen LogP contribution in [0, 0.1) is 0 Å². The zero-order valence-electron chi connectivity index (χ0n) is 8.14. The zero-order valence-corrected chi connectivity index (χ0v) is 9.65. The van der Waals surface area contributed by atoms with Gasteiger partial charge >= 0.3 is 0 Å². The Hall–Kier alpha value is -0.670. The summed E-state index contributed by atoms with van der Waals surface area (Å²) in [6.07, 6.45) is 0. The highest BCUT2D eigenvalue weighted by Crippen LogP contribution is 2.22. The first-order chi connectivity index (χ1) is 6.30. The third-order valence-electron chi connectivity index (χ3n) is 1.64. The van der Waals surface area contributed by atoms with Crippen LogP contribution in [0.1, 0.15) is 37.1 Å². The SMILES string of the molecule is CC(C)(C)c1cc(Cl)nc(C(=O)Cl)n1. The van der Waals surface area contributed by atoms with Gasteiger partial charge < -0.3 is 0 Å². The van der Waals surface area contributed by atoms with Gasteiger partial charge in [0.2, 0.25) is 5.82 Å². The second-order valence-corrected chi connectivity index (χ2v) is 4.65. The van der Waals surface area contributed by atoms with Gasteiger partial charge in [-0.3, -0.25) is 4.79 Å². The molecule has 0 aliphatic rings. The summed E-state index contributed by atoms with van der Waals surface area (Å²) in [6, 6.07) is 1.63. The average molecular weight is 233 g/mol. The number of carbonyl (C=O) groups excluding carboxylic acids is 1. The zero-order chi connectivity index (χ0) is 10.9. The van der Waals surface area contributed by atoms with E-state index in [4.69, 9.17) is 23.2 Å². The maximum absolute atomic E-state index is 10.9. The van der Waals surface area contributed by atoms with Crippen LogP contribution in [0.5, 0.6) is 0 Å². The highest BCUT2D eigenvalue weighted by atomic mass is 35.5. The molecule has 0 atom stereocenters. The van der Waals surface area contributed by atoms with Crippen molar-refractivity contribution in [3.63, 3.8) is 0 Å². The second kappa shape index (κ2) is 3.83. The molecule has 0 aliphatic heterocycles. The molecular formula is C9H10Cl2N2O. The molecule has 0 radical (unpaired) electrons. The van der Waals surface area contributed by atoms with Crippen LogP contribution in [0.2, 0.25) is 5.15 Å². The number of hydrogen-bond donors (Lipinski definition) is 0. The molecule has 0 aromatic carbocycles. The molecule has 0 spiro atoms. The topological polar surface area (TPSA) is 42.9 Å². The van der Waals surface area contributed by atoms with Gasteiger partial charge in [-0.25, -0.2) is 9.97 Å². The minimum atomic E-state index is -0.696. The molecule has 0 amide bonds. The summed E-state index contributed by atoms with van der Waals surface area (Å²) >= 11 is 11.0. The molecule has 0 N–H and O–H groups in total. The molecule has 76 valence electrons. The molecule has 0 saturated heterocycles. The van der Waals surface area contributed by atoms with Crippen molar-refractivity contribution in [3.05, 3.63) is 22.7 Å². The van der Waals surface area contributed by atoms with Crippen molar-refractivity contribution < 1.29 is 4.79 Å². The van der Waals surface area contributed by atoms with E-state index >= 15 is 0 Å². The molecule has 1 heterocycles. The van der Waals surface area contributed by atoms with Gasteiger partial charge in [-0.15, -0.1) is 0 Å². The Morgan fingerprint density at radius 1 is 1.36 bits per heavy atom. The van der Waals surface area contributed by atoms with Crippen LogP contribution in [-0.2, 0) is 5.41 Å². The van der Waals surface area contributed by atoms with Gasteiger partial charge in [0.1, 0.15) is 5.15 Å². The van der Waals surface area contributed by atoms with Crippen LogP contribution < -0.4 is 0 Å². The predicted molar refractivity (Wildman–Crippen MR) is 55.9 cm³/mol. The lowest BCUT2D eigenvalue weighted by Crippen LogP contribution is -2.16.